The van der Waals surface area contributed by atoms with Crippen LogP contribution >= 0.6 is 0 Å². The topological polar surface area (TPSA) is 62.4 Å². The van der Waals surface area contributed by atoms with Gasteiger partial charge in [0.2, 0.25) is 10.0 Å². The van der Waals surface area contributed by atoms with E-state index in [2.05, 4.69) is 41.5 Å². The predicted octanol–water partition coefficient (Wildman–Crippen LogP) is 5.95. The van der Waals surface area contributed by atoms with E-state index in [4.69, 9.17) is 4.74 Å². The summed E-state index contributed by atoms with van der Waals surface area (Å²) < 4.78 is 46.4. The molecule has 1 aliphatic heterocycles. The van der Waals surface area contributed by atoms with E-state index in [0.717, 1.165) is 18.4 Å². The van der Waals surface area contributed by atoms with Crippen LogP contribution in [0.2, 0.25) is 0 Å². The second kappa shape index (κ2) is 10.2. The van der Waals surface area contributed by atoms with E-state index in [9.17, 15) is 12.8 Å². The molecule has 0 unspecified atom stereocenters. The summed E-state index contributed by atoms with van der Waals surface area (Å²) in [6, 6.07) is 22.9. The molecule has 0 aliphatic carbocycles. The molecule has 3 aromatic carbocycles. The van der Waals surface area contributed by atoms with Crippen molar-refractivity contribution in [3.8, 4) is 16.9 Å². The molecule has 2 heterocycles. The maximum absolute atomic E-state index is 13.6. The Labute approximate surface area is 205 Å². The Kier molecular flexibility index (Phi) is 6.88. The van der Waals surface area contributed by atoms with Crippen LogP contribution < -0.4 is 4.74 Å². The van der Waals surface area contributed by atoms with Crippen molar-refractivity contribution in [2.45, 2.75) is 25.2 Å². The molecule has 4 aromatic rings. The summed E-state index contributed by atoms with van der Waals surface area (Å²) in [5.41, 5.74) is 4.72. The number of benzene rings is 3. The molecule has 5 rings (SSSR count). The molecular weight excluding hydrogens is 463 g/mol. The average Bonchev–Trinajstić information content (AvgIpc) is 3.31. The largest absolute Gasteiger partial charge is 0.490 e. The van der Waals surface area contributed by atoms with Gasteiger partial charge < -0.3 is 9.72 Å². The van der Waals surface area contributed by atoms with Gasteiger partial charge in [-0.05, 0) is 66.1 Å². The minimum Gasteiger partial charge on any atom is -0.490 e. The van der Waals surface area contributed by atoms with E-state index >= 15 is 0 Å². The molecule has 7 heteroatoms. The van der Waals surface area contributed by atoms with E-state index in [1.807, 2.05) is 18.2 Å². The smallest absolute Gasteiger partial charge is 0.214 e. The van der Waals surface area contributed by atoms with Crippen LogP contribution in [0.25, 0.3) is 22.0 Å². The third-order valence-corrected chi connectivity index (χ3v) is 8.71. The van der Waals surface area contributed by atoms with Gasteiger partial charge in [-0.3, -0.25) is 0 Å². The Morgan fingerprint density at radius 1 is 0.943 bits per heavy atom. The Hall–Kier alpha value is -3.16. The lowest BCUT2D eigenvalue weighted by Crippen LogP contribution is -2.39. The fourth-order valence-corrected chi connectivity index (χ4v) is 6.36. The fourth-order valence-electron chi connectivity index (χ4n) is 4.85. The van der Waals surface area contributed by atoms with Crippen LogP contribution in [0.4, 0.5) is 4.39 Å². The lowest BCUT2D eigenvalue weighted by Gasteiger charge is -2.31. The Morgan fingerprint density at radius 3 is 2.46 bits per heavy atom. The minimum atomic E-state index is -3.37. The molecule has 0 spiro atoms. The van der Waals surface area contributed by atoms with E-state index in [1.165, 1.54) is 28.1 Å². The Bertz CT molecular complexity index is 1390. The first-order chi connectivity index (χ1) is 17.0. The van der Waals surface area contributed by atoms with Gasteiger partial charge in [0.15, 0.2) is 11.6 Å². The lowest BCUT2D eigenvalue weighted by atomic mass is 9.89. The zero-order valence-corrected chi connectivity index (χ0v) is 20.3. The van der Waals surface area contributed by atoms with Crippen LogP contribution in [0.15, 0.2) is 79.0 Å². The number of rotatable bonds is 8. The number of nitrogens with one attached hydrogen (secondary N) is 1. The molecule has 0 radical (unpaired) electrons. The third-order valence-electron chi connectivity index (χ3n) is 6.75. The van der Waals surface area contributed by atoms with Crippen molar-refractivity contribution in [1.29, 1.82) is 0 Å². The highest BCUT2D eigenvalue weighted by atomic mass is 32.2. The maximum atomic E-state index is 13.6. The number of fused-ring (bicyclic) bond motifs is 1. The van der Waals surface area contributed by atoms with Gasteiger partial charge >= 0.3 is 0 Å². The zero-order chi connectivity index (χ0) is 24.3. The number of aromatic amines is 1. The summed E-state index contributed by atoms with van der Waals surface area (Å²) in [5, 5.41) is 1.21. The van der Waals surface area contributed by atoms with Crippen molar-refractivity contribution in [1.82, 2.24) is 9.29 Å². The normalized spacial score (nSPS) is 15.5. The van der Waals surface area contributed by atoms with Gasteiger partial charge in [-0.1, -0.05) is 48.5 Å². The SMILES string of the molecule is O=S(=O)(CCCOc1ccccc1F)N1CCC(c2c[nH]c3ccc(-c4ccccc4)cc23)CC1. The first-order valence-corrected chi connectivity index (χ1v) is 13.6. The summed E-state index contributed by atoms with van der Waals surface area (Å²) in [6.45, 7) is 1.17. The molecule has 1 aromatic heterocycles. The zero-order valence-electron chi connectivity index (χ0n) is 19.5. The number of aromatic nitrogens is 1. The molecule has 35 heavy (non-hydrogen) atoms. The number of hydrogen-bond acceptors (Lipinski definition) is 3. The molecule has 1 fully saturated rings. The molecule has 0 saturated carbocycles. The number of piperidine rings is 1. The van der Waals surface area contributed by atoms with Crippen LogP contribution in [0.5, 0.6) is 5.75 Å². The van der Waals surface area contributed by atoms with Crippen molar-refractivity contribution in [2.75, 3.05) is 25.4 Å². The first kappa shape index (κ1) is 23.6. The summed E-state index contributed by atoms with van der Waals surface area (Å²) in [6.07, 6.45) is 3.97. The third kappa shape index (κ3) is 5.26. The van der Waals surface area contributed by atoms with Gasteiger partial charge in [-0.15, -0.1) is 0 Å². The molecular formula is C28H29FN2O3S. The van der Waals surface area contributed by atoms with Crippen LogP contribution in [-0.2, 0) is 10.0 Å². The summed E-state index contributed by atoms with van der Waals surface area (Å²) in [4.78, 5) is 3.38. The molecule has 5 nitrogen and oxygen atoms in total. The van der Waals surface area contributed by atoms with E-state index in [1.54, 1.807) is 22.5 Å². The molecule has 1 N–H and O–H groups in total. The Balaban J connectivity index is 1.19. The highest BCUT2D eigenvalue weighted by Gasteiger charge is 2.29. The minimum absolute atomic E-state index is 0.000357. The average molecular weight is 493 g/mol. The highest BCUT2D eigenvalue weighted by molar-refractivity contribution is 7.89. The number of para-hydroxylation sites is 1. The summed E-state index contributed by atoms with van der Waals surface area (Å²) >= 11 is 0. The second-order valence-corrected chi connectivity index (χ2v) is 11.1. The van der Waals surface area contributed by atoms with Gasteiger partial charge in [0.05, 0.1) is 12.4 Å². The molecule has 0 atom stereocenters. The number of H-pyrrole nitrogens is 1. The van der Waals surface area contributed by atoms with Crippen LogP contribution in [0.1, 0.15) is 30.7 Å². The van der Waals surface area contributed by atoms with Crippen molar-refractivity contribution < 1.29 is 17.5 Å². The van der Waals surface area contributed by atoms with E-state index in [-0.39, 0.29) is 18.1 Å². The van der Waals surface area contributed by atoms with Crippen LogP contribution in [0, 0.1) is 5.82 Å². The van der Waals surface area contributed by atoms with Gasteiger partial charge in [-0.25, -0.2) is 17.1 Å². The van der Waals surface area contributed by atoms with Crippen molar-refractivity contribution in [3.63, 3.8) is 0 Å². The number of hydrogen-bond donors (Lipinski definition) is 1. The number of sulfonamides is 1. The molecule has 0 amide bonds. The van der Waals surface area contributed by atoms with E-state index < -0.39 is 15.8 Å². The molecule has 1 aliphatic rings. The fraction of sp³-hybridized carbons (Fsp3) is 0.286. The van der Waals surface area contributed by atoms with Gasteiger partial charge in [0, 0.05) is 30.2 Å². The molecule has 182 valence electrons. The summed E-state index contributed by atoms with van der Waals surface area (Å²) in [5.74, 6) is 0.0238. The second-order valence-electron chi connectivity index (χ2n) is 8.99. The Morgan fingerprint density at radius 2 is 1.69 bits per heavy atom. The van der Waals surface area contributed by atoms with Crippen molar-refractivity contribution in [3.05, 3.63) is 90.4 Å². The van der Waals surface area contributed by atoms with Crippen molar-refractivity contribution >= 4 is 20.9 Å². The quantitative estimate of drug-likeness (QED) is 0.309. The van der Waals surface area contributed by atoms with Gasteiger partial charge in [0.1, 0.15) is 0 Å². The number of nitrogens with zero attached hydrogens (tertiary/aromatic N) is 1. The number of ether oxygens (including phenoxy) is 1. The van der Waals surface area contributed by atoms with Crippen molar-refractivity contribution in [2.24, 2.45) is 0 Å². The van der Waals surface area contributed by atoms with Crippen LogP contribution in [0.3, 0.4) is 0 Å². The van der Waals surface area contributed by atoms with Gasteiger partial charge in [-0.2, -0.15) is 0 Å². The maximum Gasteiger partial charge on any atom is 0.214 e. The predicted molar refractivity (Wildman–Crippen MR) is 138 cm³/mol. The lowest BCUT2D eigenvalue weighted by molar-refractivity contribution is 0.296. The standard InChI is InChI=1S/C28H29FN2O3S/c29-26-9-4-5-10-28(26)34-17-6-18-35(32,33)31-15-13-22(14-16-31)25-20-30-27-12-11-23(19-24(25)27)21-7-2-1-3-8-21/h1-5,7-12,19-20,22,30H,6,13-18H2. The highest BCUT2D eigenvalue weighted by Crippen LogP contribution is 2.35. The number of halogens is 1. The van der Waals surface area contributed by atoms with E-state index in [0.29, 0.717) is 25.4 Å². The first-order valence-electron chi connectivity index (χ1n) is 12.0. The monoisotopic (exact) mass is 492 g/mol. The van der Waals surface area contributed by atoms with Gasteiger partial charge in [0.25, 0.3) is 0 Å². The molecule has 0 bridgehead atoms. The molecule has 1 saturated heterocycles. The van der Waals surface area contributed by atoms with Crippen LogP contribution in [-0.4, -0.2) is 43.2 Å². The summed E-state index contributed by atoms with van der Waals surface area (Å²) in [7, 11) is -3.37.